The first-order valence-corrected chi connectivity index (χ1v) is 11.9. The maximum absolute atomic E-state index is 5.67. The Bertz CT molecular complexity index is 247. The van der Waals surface area contributed by atoms with Gasteiger partial charge < -0.3 is 26.6 Å². The van der Waals surface area contributed by atoms with Crippen molar-refractivity contribution in [2.75, 3.05) is 41.2 Å². The Labute approximate surface area is 145 Å². The molecule has 0 saturated heterocycles. The summed E-state index contributed by atoms with van der Waals surface area (Å²) in [6, 6.07) is 0. The molecule has 0 bridgehead atoms. The fraction of sp³-hybridized carbons (Fsp3) is 1.00. The van der Waals surface area contributed by atoms with Gasteiger partial charge in [0, 0.05) is 52.2 Å². The highest BCUT2D eigenvalue weighted by atomic mass is 28.4. The Morgan fingerprint density at radius 3 is 0.913 bits per heavy atom. The maximum atomic E-state index is 5.67. The molecule has 0 aliphatic carbocycles. The lowest BCUT2D eigenvalue weighted by Gasteiger charge is -2.31. The van der Waals surface area contributed by atoms with Crippen molar-refractivity contribution in [3.05, 3.63) is 0 Å². The van der Waals surface area contributed by atoms with E-state index in [4.69, 9.17) is 26.6 Å². The molecule has 0 amide bonds. The van der Waals surface area contributed by atoms with Gasteiger partial charge in [0.1, 0.15) is 0 Å². The third kappa shape index (κ3) is 8.21. The van der Waals surface area contributed by atoms with Gasteiger partial charge in [-0.15, -0.1) is 0 Å². The summed E-state index contributed by atoms with van der Waals surface area (Å²) in [4.78, 5) is 0. The van der Waals surface area contributed by atoms with Crippen molar-refractivity contribution < 1.29 is 26.6 Å². The summed E-state index contributed by atoms with van der Waals surface area (Å²) in [5.41, 5.74) is 0.639. The Morgan fingerprint density at radius 2 is 0.826 bits per heavy atom. The largest absolute Gasteiger partial charge is 0.503 e. The van der Waals surface area contributed by atoms with Gasteiger partial charge in [0.2, 0.25) is 0 Å². The molecule has 0 atom stereocenters. The fourth-order valence-corrected chi connectivity index (χ4v) is 6.56. The van der Waals surface area contributed by atoms with Crippen LogP contribution < -0.4 is 0 Å². The molecule has 0 aromatic carbocycles. The molecular weight excluding hydrogens is 332 g/mol. The fourth-order valence-electron chi connectivity index (χ4n) is 2.19. The van der Waals surface area contributed by atoms with E-state index in [1.54, 1.807) is 21.3 Å². The highest BCUT2D eigenvalue weighted by Gasteiger charge is 2.44. The second kappa shape index (κ2) is 13.5. The van der Waals surface area contributed by atoms with E-state index in [0.717, 1.165) is 0 Å². The normalized spacial score (nSPS) is 12.5. The standard InChI is InChI=1S/C9H22O3Si.C6H16O3Si/c1-6-10-13(9(4)5,11-7-2)12-8-3;1-6(2)10(7-3,8-4)9-5/h9H,6-8H2,1-5H3;6H,1-5H3. The molecule has 0 heterocycles. The van der Waals surface area contributed by atoms with Gasteiger partial charge in [-0.3, -0.25) is 0 Å². The lowest BCUT2D eigenvalue weighted by Crippen LogP contribution is -2.48. The quantitative estimate of drug-likeness (QED) is 0.517. The summed E-state index contributed by atoms with van der Waals surface area (Å²) in [6.45, 7) is 16.1. The lowest BCUT2D eigenvalue weighted by molar-refractivity contribution is 0.0641. The topological polar surface area (TPSA) is 55.4 Å². The predicted molar refractivity (Wildman–Crippen MR) is 97.6 cm³/mol. The first-order valence-electron chi connectivity index (χ1n) is 8.32. The van der Waals surface area contributed by atoms with Gasteiger partial charge in [-0.25, -0.2) is 0 Å². The molecule has 0 saturated carbocycles. The van der Waals surface area contributed by atoms with Crippen LogP contribution in [0.1, 0.15) is 48.5 Å². The maximum Gasteiger partial charge on any atom is 0.503 e. The van der Waals surface area contributed by atoms with E-state index in [1.807, 2.05) is 34.6 Å². The molecule has 0 N–H and O–H groups in total. The van der Waals surface area contributed by atoms with Gasteiger partial charge in [-0.05, 0) is 20.8 Å². The van der Waals surface area contributed by atoms with Crippen LogP contribution in [0.2, 0.25) is 11.1 Å². The molecule has 6 nitrogen and oxygen atoms in total. The molecule has 8 heteroatoms. The van der Waals surface area contributed by atoms with Crippen molar-refractivity contribution in [3.8, 4) is 0 Å². The van der Waals surface area contributed by atoms with Crippen LogP contribution >= 0.6 is 0 Å². The van der Waals surface area contributed by atoms with Crippen molar-refractivity contribution in [3.63, 3.8) is 0 Å². The molecule has 0 spiro atoms. The van der Waals surface area contributed by atoms with E-state index in [1.165, 1.54) is 0 Å². The van der Waals surface area contributed by atoms with Crippen LogP contribution in [0, 0.1) is 0 Å². The zero-order valence-electron chi connectivity index (χ0n) is 16.7. The molecule has 0 unspecified atom stereocenters. The zero-order chi connectivity index (χ0) is 18.5. The summed E-state index contributed by atoms with van der Waals surface area (Å²) in [6.07, 6.45) is 0. The van der Waals surface area contributed by atoms with Crippen LogP contribution in [-0.4, -0.2) is 58.8 Å². The molecule has 142 valence electrons. The van der Waals surface area contributed by atoms with E-state index in [2.05, 4.69) is 13.8 Å². The zero-order valence-corrected chi connectivity index (χ0v) is 18.7. The summed E-state index contributed by atoms with van der Waals surface area (Å²) in [5, 5.41) is 0. The van der Waals surface area contributed by atoms with Gasteiger partial charge in [-0.1, -0.05) is 27.7 Å². The molecule has 0 rings (SSSR count). The molecule has 0 aliphatic heterocycles. The van der Waals surface area contributed by atoms with Crippen LogP contribution in [0.25, 0.3) is 0 Å². The van der Waals surface area contributed by atoms with E-state index in [0.29, 0.717) is 30.9 Å². The number of hydrogen-bond acceptors (Lipinski definition) is 6. The van der Waals surface area contributed by atoms with Crippen LogP contribution in [0.4, 0.5) is 0 Å². The van der Waals surface area contributed by atoms with Gasteiger partial charge in [0.15, 0.2) is 0 Å². The summed E-state index contributed by atoms with van der Waals surface area (Å²) in [5.74, 6) is 0. The average Bonchev–Trinajstić information content (AvgIpc) is 2.50. The first kappa shape index (κ1) is 25.4. The predicted octanol–water partition coefficient (Wildman–Crippen LogP) is 3.72. The molecular formula is C15H38O6Si2. The molecule has 0 fully saturated rings. The third-order valence-electron chi connectivity index (χ3n) is 3.30. The SMILES string of the molecule is CCO[Si](OCC)(OCC)C(C)C.CO[Si](OC)(OC)C(C)C. The highest BCUT2D eigenvalue weighted by molar-refractivity contribution is 6.62. The van der Waals surface area contributed by atoms with E-state index >= 15 is 0 Å². The molecule has 0 aromatic heterocycles. The summed E-state index contributed by atoms with van der Waals surface area (Å²) >= 11 is 0. The minimum atomic E-state index is -2.37. The Kier molecular flexibility index (Phi) is 14.9. The van der Waals surface area contributed by atoms with Crippen molar-refractivity contribution in [2.24, 2.45) is 0 Å². The lowest BCUT2D eigenvalue weighted by atomic mass is 10.6. The van der Waals surface area contributed by atoms with Crippen LogP contribution in [0.5, 0.6) is 0 Å². The second-order valence-electron chi connectivity index (χ2n) is 5.43. The van der Waals surface area contributed by atoms with Crippen LogP contribution in [-0.2, 0) is 26.6 Å². The van der Waals surface area contributed by atoms with Crippen LogP contribution in [0.3, 0.4) is 0 Å². The monoisotopic (exact) mass is 370 g/mol. The first-order chi connectivity index (χ1) is 10.8. The van der Waals surface area contributed by atoms with Crippen molar-refractivity contribution >= 4 is 17.6 Å². The second-order valence-corrected chi connectivity index (χ2v) is 12.2. The van der Waals surface area contributed by atoms with Crippen molar-refractivity contribution in [1.82, 2.24) is 0 Å². The highest BCUT2D eigenvalue weighted by Crippen LogP contribution is 2.24. The van der Waals surface area contributed by atoms with Gasteiger partial charge >= 0.3 is 17.6 Å². The number of rotatable bonds is 11. The minimum absolute atomic E-state index is 0.312. The Hall–Kier alpha value is 0.194. The van der Waals surface area contributed by atoms with Crippen LogP contribution in [0.15, 0.2) is 0 Å². The van der Waals surface area contributed by atoms with E-state index in [-0.39, 0.29) is 0 Å². The Morgan fingerprint density at radius 1 is 0.565 bits per heavy atom. The molecule has 23 heavy (non-hydrogen) atoms. The molecule has 0 aliphatic rings. The van der Waals surface area contributed by atoms with Gasteiger partial charge in [0.05, 0.1) is 0 Å². The third-order valence-corrected chi connectivity index (χ3v) is 9.91. The number of hydrogen-bond donors (Lipinski definition) is 0. The summed E-state index contributed by atoms with van der Waals surface area (Å²) < 4.78 is 32.6. The molecule has 0 radical (unpaired) electrons. The average molecular weight is 371 g/mol. The Balaban J connectivity index is 0. The van der Waals surface area contributed by atoms with Crippen molar-refractivity contribution in [1.29, 1.82) is 0 Å². The van der Waals surface area contributed by atoms with Gasteiger partial charge in [-0.2, -0.15) is 0 Å². The minimum Gasteiger partial charge on any atom is -0.377 e. The summed E-state index contributed by atoms with van der Waals surface area (Å²) in [7, 11) is 0.205. The van der Waals surface area contributed by atoms with E-state index < -0.39 is 17.6 Å². The van der Waals surface area contributed by atoms with Crippen molar-refractivity contribution in [2.45, 2.75) is 59.5 Å². The molecule has 0 aromatic rings. The van der Waals surface area contributed by atoms with Gasteiger partial charge in [0.25, 0.3) is 0 Å². The van der Waals surface area contributed by atoms with E-state index in [9.17, 15) is 0 Å². The smallest absolute Gasteiger partial charge is 0.377 e.